The number of fused-ring (bicyclic) bond motifs is 3. The quantitative estimate of drug-likeness (QED) is 0.448. The maximum absolute atomic E-state index is 13.6. The van der Waals surface area contributed by atoms with E-state index in [1.165, 1.54) is 29.9 Å². The molecule has 7 nitrogen and oxygen atoms in total. The molecule has 3 aliphatic carbocycles. The SMILES string of the molecule is COC(=O)C[C@H]1[C@@H]2CC3=C(C)[C@@H](c4ccc(OC)cc4)C[C@@H]3O[C@@H]2[C@@H]2OC(=O)[C@]3(C)C=CC(=O)[C@@]1(C)[C@@H]23. The molecule has 7 heteroatoms. The van der Waals surface area contributed by atoms with Gasteiger partial charge in [0.2, 0.25) is 0 Å². The Morgan fingerprint density at radius 1 is 1.11 bits per heavy atom. The fraction of sp³-hybridized carbons (Fsp3) is 0.567. The topological polar surface area (TPSA) is 88.1 Å². The van der Waals surface area contributed by atoms with E-state index >= 15 is 0 Å². The lowest BCUT2D eigenvalue weighted by Crippen LogP contribution is -2.65. The van der Waals surface area contributed by atoms with Gasteiger partial charge in [0.25, 0.3) is 0 Å². The van der Waals surface area contributed by atoms with E-state index in [0.29, 0.717) is 6.42 Å². The molecule has 6 rings (SSSR count). The minimum absolute atomic E-state index is 0.0546. The first-order valence-electron chi connectivity index (χ1n) is 13.1. The van der Waals surface area contributed by atoms with E-state index in [9.17, 15) is 14.4 Å². The van der Waals surface area contributed by atoms with Crippen LogP contribution in [0, 0.1) is 28.6 Å². The third kappa shape index (κ3) is 3.25. The zero-order valence-corrected chi connectivity index (χ0v) is 22.0. The van der Waals surface area contributed by atoms with Crippen LogP contribution in [0.25, 0.3) is 0 Å². The highest BCUT2D eigenvalue weighted by atomic mass is 16.6. The Balaban J connectivity index is 1.42. The molecule has 0 radical (unpaired) electrons. The second-order valence-corrected chi connectivity index (χ2v) is 11.7. The van der Waals surface area contributed by atoms with Gasteiger partial charge in [0.15, 0.2) is 5.78 Å². The molecule has 2 heterocycles. The summed E-state index contributed by atoms with van der Waals surface area (Å²) in [5.74, 6) is -0.579. The average Bonchev–Trinajstić information content (AvgIpc) is 3.37. The molecule has 0 spiro atoms. The largest absolute Gasteiger partial charge is 0.497 e. The molecule has 3 fully saturated rings. The number of benzene rings is 1. The molecule has 1 aromatic carbocycles. The summed E-state index contributed by atoms with van der Waals surface area (Å²) in [5, 5.41) is 0. The van der Waals surface area contributed by atoms with Crippen LogP contribution >= 0.6 is 0 Å². The number of hydrogen-bond acceptors (Lipinski definition) is 7. The van der Waals surface area contributed by atoms with Gasteiger partial charge in [0.1, 0.15) is 11.9 Å². The van der Waals surface area contributed by atoms with E-state index in [-0.39, 0.29) is 54.1 Å². The van der Waals surface area contributed by atoms with E-state index < -0.39 is 22.9 Å². The third-order valence-electron chi connectivity index (χ3n) is 10.2. The lowest BCUT2D eigenvalue weighted by Gasteiger charge is -2.58. The lowest BCUT2D eigenvalue weighted by molar-refractivity contribution is -0.204. The molecule has 9 atom stereocenters. The third-order valence-corrected chi connectivity index (χ3v) is 10.2. The number of ether oxygens (including phenoxy) is 4. The van der Waals surface area contributed by atoms with Gasteiger partial charge < -0.3 is 18.9 Å². The fourth-order valence-corrected chi connectivity index (χ4v) is 8.26. The van der Waals surface area contributed by atoms with Gasteiger partial charge in [-0.05, 0) is 67.9 Å². The molecular formula is C30H34O7. The second kappa shape index (κ2) is 8.29. The van der Waals surface area contributed by atoms with Gasteiger partial charge in [-0.1, -0.05) is 30.7 Å². The van der Waals surface area contributed by atoms with E-state index in [2.05, 4.69) is 19.1 Å². The molecule has 1 aromatic rings. The standard InChI is InChI=1S/C30H34O7/c1-15-18(16-6-8-17(34-4)9-7-16)13-22-19(15)12-20-21(14-24(32)35-5)30(3)23(31)10-11-29(2)27(30)26(25(20)36-22)37-28(29)33/h6-11,18,20-22,25-27H,12-14H2,1-5H3/t18-,20-,21-,22-,25-,26-,27-,29+,30-/m0/s1. The summed E-state index contributed by atoms with van der Waals surface area (Å²) < 4.78 is 23.3. The van der Waals surface area contributed by atoms with Crippen molar-refractivity contribution in [2.75, 3.05) is 14.2 Å². The van der Waals surface area contributed by atoms with Crippen molar-refractivity contribution in [3.05, 3.63) is 53.1 Å². The molecule has 196 valence electrons. The normalized spacial score (nSPS) is 41.6. The molecule has 2 aliphatic heterocycles. The van der Waals surface area contributed by atoms with E-state index in [1.54, 1.807) is 13.2 Å². The molecule has 1 saturated carbocycles. The van der Waals surface area contributed by atoms with Crippen molar-refractivity contribution >= 4 is 17.7 Å². The highest BCUT2D eigenvalue weighted by Crippen LogP contribution is 2.65. The highest BCUT2D eigenvalue weighted by molar-refractivity contribution is 6.00. The summed E-state index contributed by atoms with van der Waals surface area (Å²) in [4.78, 5) is 39.5. The predicted octanol–water partition coefficient (Wildman–Crippen LogP) is 4.16. The van der Waals surface area contributed by atoms with Crippen molar-refractivity contribution in [3.63, 3.8) is 0 Å². The maximum atomic E-state index is 13.6. The molecule has 0 bridgehead atoms. The van der Waals surface area contributed by atoms with Crippen molar-refractivity contribution < 1.29 is 33.3 Å². The number of hydrogen-bond donors (Lipinski definition) is 0. The number of esters is 2. The number of rotatable bonds is 4. The second-order valence-electron chi connectivity index (χ2n) is 11.7. The first-order valence-corrected chi connectivity index (χ1v) is 13.1. The zero-order valence-electron chi connectivity index (χ0n) is 22.0. The molecule has 0 unspecified atom stereocenters. The van der Waals surface area contributed by atoms with E-state index in [0.717, 1.165) is 12.2 Å². The Morgan fingerprint density at radius 2 is 1.84 bits per heavy atom. The minimum Gasteiger partial charge on any atom is -0.497 e. The van der Waals surface area contributed by atoms with Crippen molar-refractivity contribution in [2.45, 2.75) is 64.3 Å². The average molecular weight is 507 g/mol. The summed E-state index contributed by atoms with van der Waals surface area (Å²) in [6.45, 7) is 5.94. The van der Waals surface area contributed by atoms with E-state index in [4.69, 9.17) is 18.9 Å². The van der Waals surface area contributed by atoms with Crippen molar-refractivity contribution in [2.24, 2.45) is 28.6 Å². The summed E-state index contributed by atoms with van der Waals surface area (Å²) >= 11 is 0. The molecule has 0 aromatic heterocycles. The molecule has 37 heavy (non-hydrogen) atoms. The summed E-state index contributed by atoms with van der Waals surface area (Å²) in [7, 11) is 3.03. The van der Waals surface area contributed by atoms with Gasteiger partial charge >= 0.3 is 11.9 Å². The van der Waals surface area contributed by atoms with Gasteiger partial charge in [-0.3, -0.25) is 14.4 Å². The zero-order chi connectivity index (χ0) is 26.3. The predicted molar refractivity (Wildman–Crippen MR) is 134 cm³/mol. The van der Waals surface area contributed by atoms with Gasteiger partial charge in [-0.15, -0.1) is 0 Å². The van der Waals surface area contributed by atoms with Crippen molar-refractivity contribution in [3.8, 4) is 5.75 Å². The first-order chi connectivity index (χ1) is 17.6. The van der Waals surface area contributed by atoms with Crippen LogP contribution in [0.3, 0.4) is 0 Å². The molecule has 0 N–H and O–H groups in total. The van der Waals surface area contributed by atoms with Crippen molar-refractivity contribution in [1.29, 1.82) is 0 Å². The minimum atomic E-state index is -0.936. The summed E-state index contributed by atoms with van der Waals surface area (Å²) in [6, 6.07) is 8.15. The van der Waals surface area contributed by atoms with Gasteiger partial charge in [-0.25, -0.2) is 0 Å². The van der Waals surface area contributed by atoms with Gasteiger partial charge in [0, 0.05) is 23.7 Å². The van der Waals surface area contributed by atoms with Crippen LogP contribution in [0.4, 0.5) is 0 Å². The number of carbonyl (C=O) groups excluding carboxylic acids is 3. The monoisotopic (exact) mass is 506 g/mol. The van der Waals surface area contributed by atoms with Crippen LogP contribution in [0.1, 0.15) is 51.5 Å². The Bertz CT molecular complexity index is 1230. The van der Waals surface area contributed by atoms with Gasteiger partial charge in [-0.2, -0.15) is 0 Å². The van der Waals surface area contributed by atoms with Crippen LogP contribution in [0.15, 0.2) is 47.6 Å². The molecule has 0 amide bonds. The Hall–Kier alpha value is -2.93. The van der Waals surface area contributed by atoms with Gasteiger partial charge in [0.05, 0.1) is 31.8 Å². The van der Waals surface area contributed by atoms with Crippen LogP contribution in [0.5, 0.6) is 5.75 Å². The Kier molecular flexibility index (Phi) is 5.47. The summed E-state index contributed by atoms with van der Waals surface area (Å²) in [6.07, 6.45) is 3.85. The van der Waals surface area contributed by atoms with Crippen LogP contribution < -0.4 is 4.74 Å². The number of ketones is 1. The van der Waals surface area contributed by atoms with Crippen LogP contribution in [-0.2, 0) is 28.6 Å². The molecular weight excluding hydrogens is 472 g/mol. The highest BCUT2D eigenvalue weighted by Gasteiger charge is 2.73. The van der Waals surface area contributed by atoms with Crippen molar-refractivity contribution in [1.82, 2.24) is 0 Å². The Labute approximate surface area is 217 Å². The Morgan fingerprint density at radius 3 is 2.51 bits per heavy atom. The number of allylic oxidation sites excluding steroid dienone is 2. The molecule has 5 aliphatic rings. The smallest absolute Gasteiger partial charge is 0.316 e. The number of carbonyl (C=O) groups is 3. The maximum Gasteiger partial charge on any atom is 0.316 e. The van der Waals surface area contributed by atoms with Crippen LogP contribution in [-0.4, -0.2) is 50.3 Å². The summed E-state index contributed by atoms with van der Waals surface area (Å²) in [5.41, 5.74) is 1.86. The molecule has 2 saturated heterocycles. The number of methoxy groups -OCH3 is 2. The first kappa shape index (κ1) is 24.4. The van der Waals surface area contributed by atoms with Crippen LogP contribution in [0.2, 0.25) is 0 Å². The fourth-order valence-electron chi connectivity index (χ4n) is 8.26. The van der Waals surface area contributed by atoms with E-state index in [1.807, 2.05) is 26.0 Å². The lowest BCUT2D eigenvalue weighted by atomic mass is 9.45.